The first-order chi connectivity index (χ1) is 12.0. The Bertz CT molecular complexity index is 753. The van der Waals surface area contributed by atoms with Crippen LogP contribution < -0.4 is 11.1 Å². The third kappa shape index (κ3) is 3.97. The second kappa shape index (κ2) is 7.46. The molecule has 0 spiro atoms. The molecule has 1 amide bonds. The molecule has 1 fully saturated rings. The fourth-order valence-electron chi connectivity index (χ4n) is 3.36. The molecule has 0 atom stereocenters. The molecule has 1 aliphatic heterocycles. The maximum Gasteiger partial charge on any atom is 0.251 e. The van der Waals surface area contributed by atoms with Gasteiger partial charge in [0.25, 0.3) is 5.91 Å². The molecule has 2 aromatic carbocycles. The van der Waals surface area contributed by atoms with Crippen molar-refractivity contribution in [2.45, 2.75) is 25.2 Å². The lowest BCUT2D eigenvalue weighted by Gasteiger charge is -2.38. The Balaban J connectivity index is 1.80. The summed E-state index contributed by atoms with van der Waals surface area (Å²) < 4.78 is 5.54. The normalized spacial score (nSPS) is 16.4. The summed E-state index contributed by atoms with van der Waals surface area (Å²) >= 11 is 6.03. The van der Waals surface area contributed by atoms with Gasteiger partial charge in [-0.2, -0.15) is 0 Å². The molecule has 3 rings (SSSR count). The molecular weight excluding hydrogens is 336 g/mol. The van der Waals surface area contributed by atoms with Crippen molar-refractivity contribution in [2.24, 2.45) is 0 Å². The molecule has 1 heterocycles. The lowest BCUT2D eigenvalue weighted by Crippen LogP contribution is -2.44. The van der Waals surface area contributed by atoms with Crippen LogP contribution in [-0.4, -0.2) is 25.7 Å². The van der Waals surface area contributed by atoms with Crippen LogP contribution in [0.2, 0.25) is 5.02 Å². The number of nitrogens with one attached hydrogen (secondary N) is 1. The zero-order valence-corrected chi connectivity index (χ0v) is 15.1. The number of nitrogens with two attached hydrogens (primary N) is 1. The van der Waals surface area contributed by atoms with E-state index in [1.165, 1.54) is 5.56 Å². The van der Waals surface area contributed by atoms with Crippen LogP contribution in [0.15, 0.2) is 42.5 Å². The Kier molecular flexibility index (Phi) is 5.30. The van der Waals surface area contributed by atoms with Gasteiger partial charge in [-0.1, -0.05) is 29.8 Å². The van der Waals surface area contributed by atoms with Gasteiger partial charge in [-0.15, -0.1) is 0 Å². The summed E-state index contributed by atoms with van der Waals surface area (Å²) in [6.45, 7) is 3.86. The lowest BCUT2D eigenvalue weighted by atomic mass is 9.74. The second-order valence-corrected chi connectivity index (χ2v) is 7.09. The van der Waals surface area contributed by atoms with E-state index in [9.17, 15) is 4.79 Å². The molecule has 5 heteroatoms. The molecule has 132 valence electrons. The van der Waals surface area contributed by atoms with Gasteiger partial charge >= 0.3 is 0 Å². The fraction of sp³-hybridized carbons (Fsp3) is 0.350. The molecule has 0 aliphatic carbocycles. The summed E-state index contributed by atoms with van der Waals surface area (Å²) in [7, 11) is 0. The van der Waals surface area contributed by atoms with E-state index in [-0.39, 0.29) is 11.3 Å². The van der Waals surface area contributed by atoms with E-state index in [2.05, 4.69) is 5.32 Å². The highest BCUT2D eigenvalue weighted by Gasteiger charge is 2.35. The van der Waals surface area contributed by atoms with Gasteiger partial charge in [0.2, 0.25) is 0 Å². The molecule has 0 saturated carbocycles. The van der Waals surface area contributed by atoms with Crippen molar-refractivity contribution in [1.82, 2.24) is 5.32 Å². The predicted molar refractivity (Wildman–Crippen MR) is 101 cm³/mol. The number of carbonyl (C=O) groups excluding carboxylic acids is 1. The first-order valence-corrected chi connectivity index (χ1v) is 8.86. The molecular formula is C20H23ClN2O2. The van der Waals surface area contributed by atoms with E-state index in [0.29, 0.717) is 36.0 Å². The van der Waals surface area contributed by atoms with E-state index in [4.69, 9.17) is 22.1 Å². The number of benzene rings is 2. The van der Waals surface area contributed by atoms with Gasteiger partial charge in [-0.05, 0) is 55.2 Å². The van der Waals surface area contributed by atoms with E-state index >= 15 is 0 Å². The van der Waals surface area contributed by atoms with Crippen LogP contribution in [0.5, 0.6) is 0 Å². The Hall–Kier alpha value is -2.04. The number of hydrogen-bond acceptors (Lipinski definition) is 3. The molecule has 25 heavy (non-hydrogen) atoms. The van der Waals surface area contributed by atoms with Gasteiger partial charge in [0, 0.05) is 41.4 Å². The average molecular weight is 359 g/mol. The molecule has 1 aliphatic rings. The minimum atomic E-state index is -0.132. The number of amides is 1. The number of hydrogen-bond donors (Lipinski definition) is 2. The highest BCUT2D eigenvalue weighted by molar-refractivity contribution is 6.30. The van der Waals surface area contributed by atoms with Crippen molar-refractivity contribution < 1.29 is 9.53 Å². The van der Waals surface area contributed by atoms with Crippen molar-refractivity contribution in [3.8, 4) is 0 Å². The Morgan fingerprint density at radius 2 is 1.88 bits per heavy atom. The fourth-order valence-corrected chi connectivity index (χ4v) is 3.49. The van der Waals surface area contributed by atoms with E-state index in [1.807, 2.05) is 37.3 Å². The second-order valence-electron chi connectivity index (χ2n) is 6.66. The molecule has 2 aromatic rings. The summed E-state index contributed by atoms with van der Waals surface area (Å²) in [6, 6.07) is 13.3. The quantitative estimate of drug-likeness (QED) is 0.819. The van der Waals surface area contributed by atoms with Crippen LogP contribution in [0.1, 0.15) is 34.3 Å². The van der Waals surface area contributed by atoms with Gasteiger partial charge in [-0.25, -0.2) is 0 Å². The average Bonchev–Trinajstić information content (AvgIpc) is 2.63. The zero-order valence-electron chi connectivity index (χ0n) is 14.3. The highest BCUT2D eigenvalue weighted by atomic mass is 35.5. The number of carbonyl (C=O) groups is 1. The number of nitrogen functional groups attached to an aromatic ring is 1. The molecule has 3 N–H and O–H groups in total. The number of halogens is 1. The molecule has 1 saturated heterocycles. The van der Waals surface area contributed by atoms with Gasteiger partial charge in [0.15, 0.2) is 0 Å². The van der Waals surface area contributed by atoms with E-state index < -0.39 is 0 Å². The topological polar surface area (TPSA) is 64.4 Å². The minimum Gasteiger partial charge on any atom is -0.399 e. The monoisotopic (exact) mass is 358 g/mol. The van der Waals surface area contributed by atoms with Crippen LogP contribution in [0.4, 0.5) is 5.69 Å². The third-order valence-corrected chi connectivity index (χ3v) is 5.25. The van der Waals surface area contributed by atoms with E-state index in [1.54, 1.807) is 12.1 Å². The van der Waals surface area contributed by atoms with Crippen LogP contribution in [0, 0.1) is 6.92 Å². The van der Waals surface area contributed by atoms with E-state index in [0.717, 1.165) is 18.4 Å². The maximum absolute atomic E-state index is 12.7. The van der Waals surface area contributed by atoms with Gasteiger partial charge in [-0.3, -0.25) is 4.79 Å². The number of aryl methyl sites for hydroxylation is 1. The van der Waals surface area contributed by atoms with Crippen LogP contribution in [0.3, 0.4) is 0 Å². The smallest absolute Gasteiger partial charge is 0.251 e. The molecule has 4 nitrogen and oxygen atoms in total. The zero-order chi connectivity index (χ0) is 17.9. The van der Waals surface area contributed by atoms with Crippen LogP contribution in [0.25, 0.3) is 0 Å². The molecule has 0 aromatic heterocycles. The van der Waals surface area contributed by atoms with Gasteiger partial charge < -0.3 is 15.8 Å². The summed E-state index contributed by atoms with van der Waals surface area (Å²) in [5.74, 6) is -0.0929. The van der Waals surface area contributed by atoms with Crippen molar-refractivity contribution in [3.63, 3.8) is 0 Å². The summed E-state index contributed by atoms with van der Waals surface area (Å²) in [6.07, 6.45) is 1.73. The predicted octanol–water partition coefficient (Wildman–Crippen LogP) is 3.71. The van der Waals surface area contributed by atoms with Crippen molar-refractivity contribution in [2.75, 3.05) is 25.5 Å². The molecule has 0 bridgehead atoms. The summed E-state index contributed by atoms with van der Waals surface area (Å²) in [5, 5.41) is 3.82. The van der Waals surface area contributed by atoms with Gasteiger partial charge in [0.1, 0.15) is 0 Å². The summed E-state index contributed by atoms with van der Waals surface area (Å²) in [4.78, 5) is 12.7. The highest BCUT2D eigenvalue weighted by Crippen LogP contribution is 2.35. The Morgan fingerprint density at radius 1 is 1.20 bits per heavy atom. The van der Waals surface area contributed by atoms with Crippen molar-refractivity contribution in [1.29, 1.82) is 0 Å². The van der Waals surface area contributed by atoms with Crippen molar-refractivity contribution in [3.05, 3.63) is 64.2 Å². The third-order valence-electron chi connectivity index (χ3n) is 5.00. The molecule has 0 radical (unpaired) electrons. The van der Waals surface area contributed by atoms with Crippen molar-refractivity contribution >= 4 is 23.2 Å². The maximum atomic E-state index is 12.7. The minimum absolute atomic E-state index is 0.0929. The first-order valence-electron chi connectivity index (χ1n) is 8.48. The lowest BCUT2D eigenvalue weighted by molar-refractivity contribution is 0.0487. The number of rotatable bonds is 4. The van der Waals surface area contributed by atoms with Gasteiger partial charge in [0.05, 0.1) is 0 Å². The van der Waals surface area contributed by atoms with Crippen LogP contribution >= 0.6 is 11.6 Å². The summed E-state index contributed by atoms with van der Waals surface area (Å²) in [5.41, 5.74) is 9.01. The molecule has 0 unspecified atom stereocenters. The number of anilines is 1. The standard InChI is InChI=1S/C20H23ClN2O2/c1-14-2-7-17(22)12-18(14)19(24)23-13-20(8-10-25-11-9-20)15-3-5-16(21)6-4-15/h2-7,12H,8-11,13,22H2,1H3,(H,23,24). The SMILES string of the molecule is Cc1ccc(N)cc1C(=O)NCC1(c2ccc(Cl)cc2)CCOCC1. The first kappa shape index (κ1) is 17.8. The number of ether oxygens (including phenoxy) is 1. The Labute approximate surface area is 153 Å². The Morgan fingerprint density at radius 3 is 2.56 bits per heavy atom. The van der Waals surface area contributed by atoms with Crippen LogP contribution in [-0.2, 0) is 10.2 Å². The largest absolute Gasteiger partial charge is 0.399 e.